The zero-order valence-electron chi connectivity index (χ0n) is 15.7. The molecule has 1 aromatic carbocycles. The van der Waals surface area contributed by atoms with E-state index in [1.54, 1.807) is 12.1 Å². The second-order valence-corrected chi connectivity index (χ2v) is 8.43. The van der Waals surface area contributed by atoms with Crippen LogP contribution >= 0.6 is 11.3 Å². The number of fused-ring (bicyclic) bond motifs is 2. The molecule has 148 valence electrons. The molecule has 1 N–H and O–H groups in total. The summed E-state index contributed by atoms with van der Waals surface area (Å²) in [5.74, 6) is -0.627. The number of hydrogen-bond donors (Lipinski definition) is 1. The fraction of sp³-hybridized carbons (Fsp3) is 0.333. The molecule has 0 radical (unpaired) electrons. The van der Waals surface area contributed by atoms with Gasteiger partial charge in [0.2, 0.25) is 5.43 Å². The molecule has 29 heavy (non-hydrogen) atoms. The maximum absolute atomic E-state index is 12.8. The van der Waals surface area contributed by atoms with Gasteiger partial charge in [-0.1, -0.05) is 0 Å². The lowest BCUT2D eigenvalue weighted by molar-refractivity contribution is 0.0694. The van der Waals surface area contributed by atoms with E-state index in [2.05, 4.69) is 4.98 Å². The van der Waals surface area contributed by atoms with Gasteiger partial charge < -0.3 is 14.4 Å². The molecule has 2 aliphatic rings. The smallest absolute Gasteiger partial charge is 0.341 e. The highest BCUT2D eigenvalue weighted by atomic mass is 32.1. The van der Waals surface area contributed by atoms with Crippen molar-refractivity contribution in [2.75, 3.05) is 7.11 Å². The minimum Gasteiger partial charge on any atom is -0.494 e. The van der Waals surface area contributed by atoms with Gasteiger partial charge in [-0.2, -0.15) is 0 Å². The van der Waals surface area contributed by atoms with Crippen molar-refractivity contribution in [3.63, 3.8) is 0 Å². The van der Waals surface area contributed by atoms with Gasteiger partial charge >= 0.3 is 5.97 Å². The Kier molecular flexibility index (Phi) is 4.06. The highest BCUT2D eigenvalue weighted by molar-refractivity contribution is 7.17. The summed E-state index contributed by atoms with van der Waals surface area (Å²) in [4.78, 5) is 42.0. The first kappa shape index (κ1) is 18.1. The van der Waals surface area contributed by atoms with E-state index in [9.17, 15) is 19.5 Å². The number of methoxy groups -OCH3 is 1. The van der Waals surface area contributed by atoms with Crippen LogP contribution in [-0.4, -0.2) is 33.5 Å². The number of carbonyl (C=O) groups excluding carboxylic acids is 1. The number of carboxylic acid groups (broad SMARTS) is 1. The summed E-state index contributed by atoms with van der Waals surface area (Å²) in [6.45, 7) is 0. The Labute approximate surface area is 169 Å². The first-order chi connectivity index (χ1) is 14.0. The third-order valence-corrected chi connectivity index (χ3v) is 6.69. The minimum atomic E-state index is -1.24. The Morgan fingerprint density at radius 1 is 1.28 bits per heavy atom. The van der Waals surface area contributed by atoms with Crippen molar-refractivity contribution in [1.82, 2.24) is 9.55 Å². The third-order valence-electron chi connectivity index (χ3n) is 5.52. The molecule has 5 rings (SSSR count). The molecule has 1 saturated carbocycles. The Morgan fingerprint density at radius 2 is 2.07 bits per heavy atom. The van der Waals surface area contributed by atoms with E-state index in [4.69, 9.17) is 4.74 Å². The summed E-state index contributed by atoms with van der Waals surface area (Å²) in [5.41, 5.74) is 1.35. The number of thiazole rings is 1. The van der Waals surface area contributed by atoms with Crippen molar-refractivity contribution in [2.24, 2.45) is 0 Å². The number of aromatic carboxylic acids is 1. The standard InChI is InChI=1S/C21H18N2O5S/c1-28-18-12(20-22-14-3-2-4-15(24)19(14)29-20)8-7-11-16(18)23(10-5-6-10)9-13(17(11)25)21(26)27/h7-10H,2-6H2,1H3,(H,26,27). The topological polar surface area (TPSA) is 98.5 Å². The fourth-order valence-corrected chi connectivity index (χ4v) is 5.07. The second kappa shape index (κ2) is 6.52. The van der Waals surface area contributed by atoms with Crippen LogP contribution in [0.5, 0.6) is 5.75 Å². The normalized spacial score (nSPS) is 16.1. The number of aryl methyl sites for hydroxylation is 1. The summed E-state index contributed by atoms with van der Waals surface area (Å²) in [7, 11) is 1.53. The molecule has 0 amide bonds. The Hall–Kier alpha value is -3.00. The molecular formula is C21H18N2O5S. The van der Waals surface area contributed by atoms with Crippen molar-refractivity contribution in [1.29, 1.82) is 0 Å². The number of benzene rings is 1. The van der Waals surface area contributed by atoms with E-state index in [1.165, 1.54) is 24.6 Å². The van der Waals surface area contributed by atoms with Crippen LogP contribution in [0.4, 0.5) is 0 Å². The summed E-state index contributed by atoms with van der Waals surface area (Å²) in [6.07, 6.45) is 5.40. The molecule has 8 heteroatoms. The number of nitrogens with zero attached hydrogens (tertiary/aromatic N) is 2. The van der Waals surface area contributed by atoms with E-state index in [1.807, 2.05) is 4.57 Å². The second-order valence-electron chi connectivity index (χ2n) is 7.43. The fourth-order valence-electron chi connectivity index (χ4n) is 3.97. The molecule has 2 aromatic heterocycles. The highest BCUT2D eigenvalue weighted by Crippen LogP contribution is 2.44. The molecule has 0 spiro atoms. The molecule has 0 unspecified atom stereocenters. The minimum absolute atomic E-state index is 0.121. The van der Waals surface area contributed by atoms with Gasteiger partial charge in [-0.15, -0.1) is 11.3 Å². The molecular weight excluding hydrogens is 392 g/mol. The average Bonchev–Trinajstić information content (AvgIpc) is 3.45. The van der Waals surface area contributed by atoms with Crippen LogP contribution in [0, 0.1) is 0 Å². The zero-order valence-corrected chi connectivity index (χ0v) is 16.5. The molecule has 1 fully saturated rings. The zero-order chi connectivity index (χ0) is 20.3. The largest absolute Gasteiger partial charge is 0.494 e. The quantitative estimate of drug-likeness (QED) is 0.704. The van der Waals surface area contributed by atoms with Crippen LogP contribution in [-0.2, 0) is 6.42 Å². The lowest BCUT2D eigenvalue weighted by atomic mass is 10.0. The molecule has 0 saturated heterocycles. The van der Waals surface area contributed by atoms with Crippen LogP contribution in [0.3, 0.4) is 0 Å². The number of carboxylic acids is 1. The first-order valence-electron chi connectivity index (χ1n) is 9.52. The lowest BCUT2D eigenvalue weighted by Gasteiger charge is -2.16. The highest BCUT2D eigenvalue weighted by Gasteiger charge is 2.30. The van der Waals surface area contributed by atoms with Gasteiger partial charge in [0.25, 0.3) is 0 Å². The Bertz CT molecular complexity index is 1250. The van der Waals surface area contributed by atoms with Crippen LogP contribution in [0.15, 0.2) is 23.1 Å². The average molecular weight is 410 g/mol. The van der Waals surface area contributed by atoms with Crippen molar-refractivity contribution >= 4 is 34.0 Å². The van der Waals surface area contributed by atoms with Gasteiger partial charge in [0.05, 0.1) is 34.1 Å². The molecule has 0 aliphatic heterocycles. The maximum Gasteiger partial charge on any atom is 0.341 e. The number of Topliss-reactive ketones (excluding diaryl/α,β-unsaturated/α-hetero) is 1. The molecule has 2 aliphatic carbocycles. The predicted octanol–water partition coefficient (Wildman–Crippen LogP) is 3.69. The molecule has 3 aromatic rings. The van der Waals surface area contributed by atoms with E-state index in [0.717, 1.165) is 31.4 Å². The van der Waals surface area contributed by atoms with E-state index < -0.39 is 11.4 Å². The summed E-state index contributed by atoms with van der Waals surface area (Å²) in [6, 6.07) is 3.52. The maximum atomic E-state index is 12.8. The first-order valence-corrected chi connectivity index (χ1v) is 10.3. The molecule has 2 heterocycles. The number of aromatic nitrogens is 2. The summed E-state index contributed by atoms with van der Waals surface area (Å²) >= 11 is 1.35. The SMILES string of the molecule is COc1c(-c2nc3c(s2)C(=O)CCC3)ccc2c(=O)c(C(=O)O)cn(C3CC3)c12. The van der Waals surface area contributed by atoms with Gasteiger partial charge in [0.1, 0.15) is 10.6 Å². The van der Waals surface area contributed by atoms with Crippen LogP contribution in [0.1, 0.15) is 57.4 Å². The van der Waals surface area contributed by atoms with E-state index >= 15 is 0 Å². The molecule has 0 atom stereocenters. The van der Waals surface area contributed by atoms with Crippen molar-refractivity contribution in [3.05, 3.63) is 44.7 Å². The van der Waals surface area contributed by atoms with Gasteiger partial charge in [-0.3, -0.25) is 9.59 Å². The van der Waals surface area contributed by atoms with Gasteiger partial charge in [-0.25, -0.2) is 9.78 Å². The number of pyridine rings is 1. The Balaban J connectivity index is 1.80. The van der Waals surface area contributed by atoms with E-state index in [0.29, 0.717) is 38.5 Å². The number of ether oxygens (including phenoxy) is 1. The number of hydrogen-bond acceptors (Lipinski definition) is 6. The van der Waals surface area contributed by atoms with Gasteiger partial charge in [-0.05, 0) is 37.8 Å². The number of carbonyl (C=O) groups is 2. The molecule has 0 bridgehead atoms. The van der Waals surface area contributed by atoms with Crippen LogP contribution in [0.25, 0.3) is 21.5 Å². The number of rotatable bonds is 4. The molecule has 7 nitrogen and oxygen atoms in total. The van der Waals surface area contributed by atoms with Gasteiger partial charge in [0.15, 0.2) is 11.5 Å². The number of ketones is 1. The van der Waals surface area contributed by atoms with Crippen LogP contribution < -0.4 is 10.2 Å². The van der Waals surface area contributed by atoms with Crippen molar-refractivity contribution < 1.29 is 19.4 Å². The predicted molar refractivity (Wildman–Crippen MR) is 108 cm³/mol. The summed E-state index contributed by atoms with van der Waals surface area (Å²) in [5, 5.41) is 10.4. The van der Waals surface area contributed by atoms with Gasteiger partial charge in [0, 0.05) is 18.7 Å². The van der Waals surface area contributed by atoms with Crippen molar-refractivity contribution in [2.45, 2.75) is 38.1 Å². The van der Waals surface area contributed by atoms with Crippen molar-refractivity contribution in [3.8, 4) is 16.3 Å². The third kappa shape index (κ3) is 2.78. The lowest BCUT2D eigenvalue weighted by Crippen LogP contribution is -2.19. The van der Waals surface area contributed by atoms with E-state index in [-0.39, 0.29) is 17.4 Å². The Morgan fingerprint density at radius 3 is 2.72 bits per heavy atom. The van der Waals surface area contributed by atoms with Crippen LogP contribution in [0.2, 0.25) is 0 Å². The summed E-state index contributed by atoms with van der Waals surface area (Å²) < 4.78 is 7.57. The monoisotopic (exact) mass is 410 g/mol.